The summed E-state index contributed by atoms with van der Waals surface area (Å²) in [6, 6.07) is 7.11. The lowest BCUT2D eigenvalue weighted by Crippen LogP contribution is -2.44. The first kappa shape index (κ1) is 17.6. The molecule has 5 nitrogen and oxygen atoms in total. The number of ether oxygens (including phenoxy) is 2. The third kappa shape index (κ3) is 7.20. The maximum Gasteiger partial charge on any atom is 0.317 e. The standard InChI is InChI=1S/C15H23ClN2O3/c1-12(11-20-3)17-15(19)18(2)9-4-10-21-14-7-5-13(16)6-8-14/h5-8,12H,4,9-11H2,1-3H3,(H,17,19)/t12-/m1/s1. The molecule has 1 aromatic rings. The Bertz CT molecular complexity index is 425. The van der Waals surface area contributed by atoms with Gasteiger partial charge in [0.05, 0.1) is 19.3 Å². The number of urea groups is 1. The largest absolute Gasteiger partial charge is 0.494 e. The Morgan fingerprint density at radius 3 is 2.67 bits per heavy atom. The van der Waals surface area contributed by atoms with Crippen LogP contribution in [0, 0.1) is 0 Å². The molecular formula is C15H23ClN2O3. The fourth-order valence-corrected chi connectivity index (χ4v) is 1.86. The third-order valence-corrected chi connectivity index (χ3v) is 3.11. The van der Waals surface area contributed by atoms with Gasteiger partial charge in [-0.15, -0.1) is 0 Å². The van der Waals surface area contributed by atoms with Crippen molar-refractivity contribution in [1.82, 2.24) is 10.2 Å². The fraction of sp³-hybridized carbons (Fsp3) is 0.533. The van der Waals surface area contributed by atoms with Crippen LogP contribution in [-0.2, 0) is 4.74 Å². The van der Waals surface area contributed by atoms with E-state index in [4.69, 9.17) is 21.1 Å². The smallest absolute Gasteiger partial charge is 0.317 e. The van der Waals surface area contributed by atoms with Gasteiger partial charge < -0.3 is 19.7 Å². The maximum absolute atomic E-state index is 11.8. The number of hydrogen-bond donors (Lipinski definition) is 1. The second-order valence-electron chi connectivity index (χ2n) is 4.88. The molecule has 0 bridgehead atoms. The SMILES string of the molecule is COC[C@@H](C)NC(=O)N(C)CCCOc1ccc(Cl)cc1. The molecule has 6 heteroatoms. The van der Waals surface area contributed by atoms with Crippen LogP contribution in [0.15, 0.2) is 24.3 Å². The highest BCUT2D eigenvalue weighted by Crippen LogP contribution is 2.15. The Morgan fingerprint density at radius 2 is 2.05 bits per heavy atom. The zero-order valence-corrected chi connectivity index (χ0v) is 13.5. The average molecular weight is 315 g/mol. The molecule has 1 aromatic carbocycles. The van der Waals surface area contributed by atoms with E-state index in [1.165, 1.54) is 0 Å². The van der Waals surface area contributed by atoms with Gasteiger partial charge in [-0.05, 0) is 37.6 Å². The molecule has 0 unspecified atom stereocenters. The molecule has 0 aliphatic carbocycles. The summed E-state index contributed by atoms with van der Waals surface area (Å²) in [5, 5.41) is 3.54. The molecule has 21 heavy (non-hydrogen) atoms. The molecule has 0 aliphatic rings. The van der Waals surface area contributed by atoms with Crippen molar-refractivity contribution in [3.8, 4) is 5.75 Å². The summed E-state index contributed by atoms with van der Waals surface area (Å²) in [6.07, 6.45) is 0.755. The number of amides is 2. The number of benzene rings is 1. The number of nitrogens with zero attached hydrogens (tertiary/aromatic N) is 1. The molecule has 0 spiro atoms. The van der Waals surface area contributed by atoms with E-state index in [-0.39, 0.29) is 12.1 Å². The lowest BCUT2D eigenvalue weighted by Gasteiger charge is -2.21. The van der Waals surface area contributed by atoms with E-state index in [2.05, 4.69) is 5.32 Å². The van der Waals surface area contributed by atoms with E-state index in [0.29, 0.717) is 24.8 Å². The summed E-state index contributed by atoms with van der Waals surface area (Å²) >= 11 is 5.80. The molecule has 2 amide bonds. The molecule has 0 aromatic heterocycles. The monoisotopic (exact) mass is 314 g/mol. The highest BCUT2D eigenvalue weighted by Gasteiger charge is 2.11. The van der Waals surface area contributed by atoms with E-state index in [1.54, 1.807) is 31.2 Å². The second kappa shape index (κ2) is 9.47. The quantitative estimate of drug-likeness (QED) is 0.751. The number of carbonyl (C=O) groups is 1. The first-order valence-corrected chi connectivity index (χ1v) is 7.29. The van der Waals surface area contributed by atoms with Crippen LogP contribution >= 0.6 is 11.6 Å². The molecule has 118 valence electrons. The van der Waals surface area contributed by atoms with Crippen LogP contribution in [0.2, 0.25) is 5.02 Å². The summed E-state index contributed by atoms with van der Waals surface area (Å²) in [5.41, 5.74) is 0. The van der Waals surface area contributed by atoms with Crippen molar-refractivity contribution in [3.05, 3.63) is 29.3 Å². The lowest BCUT2D eigenvalue weighted by atomic mass is 10.3. The summed E-state index contributed by atoms with van der Waals surface area (Å²) in [7, 11) is 3.37. The fourth-order valence-electron chi connectivity index (χ4n) is 1.74. The summed E-state index contributed by atoms with van der Waals surface area (Å²) < 4.78 is 10.6. The molecule has 0 radical (unpaired) electrons. The first-order valence-electron chi connectivity index (χ1n) is 6.92. The van der Waals surface area contributed by atoms with Crippen molar-refractivity contribution in [2.24, 2.45) is 0 Å². The minimum atomic E-state index is -0.106. The molecule has 1 N–H and O–H groups in total. The van der Waals surface area contributed by atoms with Gasteiger partial charge in [0.25, 0.3) is 0 Å². The van der Waals surface area contributed by atoms with E-state index in [9.17, 15) is 4.79 Å². The van der Waals surface area contributed by atoms with Crippen molar-refractivity contribution in [3.63, 3.8) is 0 Å². The number of methoxy groups -OCH3 is 1. The summed E-state index contributed by atoms with van der Waals surface area (Å²) in [6.45, 7) is 3.57. The highest BCUT2D eigenvalue weighted by molar-refractivity contribution is 6.30. The van der Waals surface area contributed by atoms with E-state index >= 15 is 0 Å². The van der Waals surface area contributed by atoms with Crippen molar-refractivity contribution in [2.45, 2.75) is 19.4 Å². The van der Waals surface area contributed by atoms with Crippen LogP contribution in [-0.4, -0.2) is 50.9 Å². The van der Waals surface area contributed by atoms with E-state index in [0.717, 1.165) is 12.2 Å². The number of carbonyl (C=O) groups excluding carboxylic acids is 1. The molecule has 1 atom stereocenters. The van der Waals surface area contributed by atoms with Gasteiger partial charge in [-0.2, -0.15) is 0 Å². The van der Waals surface area contributed by atoms with Crippen LogP contribution in [0.25, 0.3) is 0 Å². The minimum Gasteiger partial charge on any atom is -0.494 e. The number of hydrogen-bond acceptors (Lipinski definition) is 3. The van der Waals surface area contributed by atoms with Crippen LogP contribution < -0.4 is 10.1 Å². The number of halogens is 1. The van der Waals surface area contributed by atoms with Gasteiger partial charge in [0.1, 0.15) is 5.75 Å². The first-order chi connectivity index (χ1) is 10.0. The van der Waals surface area contributed by atoms with Crippen molar-refractivity contribution in [1.29, 1.82) is 0 Å². The van der Waals surface area contributed by atoms with Crippen LogP contribution in [0.5, 0.6) is 5.75 Å². The average Bonchev–Trinajstić information content (AvgIpc) is 2.45. The van der Waals surface area contributed by atoms with Gasteiger partial charge in [-0.1, -0.05) is 11.6 Å². The molecule has 0 saturated carbocycles. The van der Waals surface area contributed by atoms with Crippen molar-refractivity contribution >= 4 is 17.6 Å². The van der Waals surface area contributed by atoms with Gasteiger partial charge in [0.15, 0.2) is 0 Å². The second-order valence-corrected chi connectivity index (χ2v) is 5.32. The molecule has 0 aliphatic heterocycles. The zero-order chi connectivity index (χ0) is 15.7. The topological polar surface area (TPSA) is 50.8 Å². The maximum atomic E-state index is 11.8. The van der Waals surface area contributed by atoms with E-state index in [1.807, 2.05) is 19.1 Å². The van der Waals surface area contributed by atoms with Gasteiger partial charge >= 0.3 is 6.03 Å². The van der Waals surface area contributed by atoms with Gasteiger partial charge in [0, 0.05) is 25.7 Å². The molecule has 0 heterocycles. The van der Waals surface area contributed by atoms with Gasteiger partial charge in [-0.25, -0.2) is 4.79 Å². The highest BCUT2D eigenvalue weighted by atomic mass is 35.5. The van der Waals surface area contributed by atoms with Gasteiger partial charge in [-0.3, -0.25) is 0 Å². The Hall–Kier alpha value is -1.46. The number of nitrogens with one attached hydrogen (secondary N) is 1. The van der Waals surface area contributed by atoms with Crippen LogP contribution in [0.4, 0.5) is 4.79 Å². The predicted molar refractivity (Wildman–Crippen MR) is 84.1 cm³/mol. The molecule has 0 fully saturated rings. The van der Waals surface area contributed by atoms with E-state index < -0.39 is 0 Å². The zero-order valence-electron chi connectivity index (χ0n) is 12.8. The minimum absolute atomic E-state index is 0.00438. The molecule has 0 saturated heterocycles. The Kier molecular flexibility index (Phi) is 7.93. The Balaban J connectivity index is 2.19. The third-order valence-electron chi connectivity index (χ3n) is 2.85. The Labute approximate surface area is 131 Å². The Morgan fingerprint density at radius 1 is 1.38 bits per heavy atom. The predicted octanol–water partition coefficient (Wildman–Crippen LogP) is 2.79. The number of rotatable bonds is 8. The summed E-state index contributed by atoms with van der Waals surface area (Å²) in [4.78, 5) is 13.5. The normalized spacial score (nSPS) is 11.8. The molecular weight excluding hydrogens is 292 g/mol. The lowest BCUT2D eigenvalue weighted by molar-refractivity contribution is 0.161. The van der Waals surface area contributed by atoms with Crippen molar-refractivity contribution < 1.29 is 14.3 Å². The van der Waals surface area contributed by atoms with Gasteiger partial charge in [0.2, 0.25) is 0 Å². The van der Waals surface area contributed by atoms with Crippen molar-refractivity contribution in [2.75, 3.05) is 33.9 Å². The van der Waals surface area contributed by atoms with Crippen LogP contribution in [0.3, 0.4) is 0 Å². The van der Waals surface area contributed by atoms with Crippen LogP contribution in [0.1, 0.15) is 13.3 Å². The summed E-state index contributed by atoms with van der Waals surface area (Å²) in [5.74, 6) is 0.778. The molecule has 1 rings (SSSR count).